The van der Waals surface area contributed by atoms with Crippen LogP contribution in [0.1, 0.15) is 88.4 Å². The van der Waals surface area contributed by atoms with Crippen molar-refractivity contribution in [3.05, 3.63) is 69.2 Å². The van der Waals surface area contributed by atoms with Gasteiger partial charge in [0.25, 0.3) is 0 Å². The van der Waals surface area contributed by atoms with Crippen LogP contribution in [0.25, 0.3) is 5.57 Å². The number of phenolic OH excluding ortho intramolecular Hbond substituents is 1. The summed E-state index contributed by atoms with van der Waals surface area (Å²) in [5, 5.41) is 46.9. The molecule has 7 nitrogen and oxygen atoms in total. The summed E-state index contributed by atoms with van der Waals surface area (Å²) >= 11 is 0. The van der Waals surface area contributed by atoms with Crippen LogP contribution in [-0.4, -0.2) is 43.4 Å². The molecular weight excluding hydrogens is 520 g/mol. The van der Waals surface area contributed by atoms with Gasteiger partial charge in [-0.3, -0.25) is 14.4 Å². The van der Waals surface area contributed by atoms with Crippen molar-refractivity contribution in [1.29, 1.82) is 0 Å². The van der Waals surface area contributed by atoms with E-state index >= 15 is 0 Å². The first-order valence-electron chi connectivity index (χ1n) is 14.5. The van der Waals surface area contributed by atoms with Gasteiger partial charge in [0.05, 0.1) is 5.56 Å². The van der Waals surface area contributed by atoms with Gasteiger partial charge in [0.2, 0.25) is 5.78 Å². The second kappa shape index (κ2) is 9.28. The number of carbonyl (C=O) groups excluding carboxylic acids is 3. The van der Waals surface area contributed by atoms with E-state index in [1.54, 1.807) is 6.92 Å². The van der Waals surface area contributed by atoms with Crippen molar-refractivity contribution in [2.24, 2.45) is 28.6 Å². The van der Waals surface area contributed by atoms with Gasteiger partial charge in [-0.15, -0.1) is 0 Å². The molecule has 1 aromatic carbocycles. The number of rotatable bonds is 5. The second-order valence-corrected chi connectivity index (χ2v) is 13.6. The third kappa shape index (κ3) is 3.77. The number of aliphatic hydroxyl groups excluding tert-OH is 2. The van der Waals surface area contributed by atoms with Crippen molar-refractivity contribution < 1.29 is 34.8 Å². The molecule has 4 N–H and O–H groups in total. The molecule has 0 saturated carbocycles. The van der Waals surface area contributed by atoms with Crippen molar-refractivity contribution in [3.63, 3.8) is 0 Å². The van der Waals surface area contributed by atoms with Crippen molar-refractivity contribution in [2.45, 2.75) is 79.8 Å². The lowest BCUT2D eigenvalue weighted by atomic mass is 9.44. The Morgan fingerprint density at radius 1 is 1.10 bits per heavy atom. The van der Waals surface area contributed by atoms with E-state index in [0.29, 0.717) is 17.5 Å². The summed E-state index contributed by atoms with van der Waals surface area (Å²) in [6.07, 6.45) is 7.74. The molecule has 1 unspecified atom stereocenters. The number of aromatic hydroxyl groups is 1. The van der Waals surface area contributed by atoms with Crippen molar-refractivity contribution >= 4 is 22.9 Å². The number of carbonyl (C=O) groups is 3. The summed E-state index contributed by atoms with van der Waals surface area (Å²) in [4.78, 5) is 40.9. The average molecular weight is 561 g/mol. The molecule has 0 radical (unpaired) electrons. The normalized spacial score (nSPS) is 31.1. The molecule has 4 aliphatic rings. The Kier molecular flexibility index (Phi) is 6.58. The predicted molar refractivity (Wildman–Crippen MR) is 156 cm³/mol. The van der Waals surface area contributed by atoms with E-state index in [-0.39, 0.29) is 47.3 Å². The Morgan fingerprint density at radius 2 is 1.76 bits per heavy atom. The molecular formula is C34H40O7. The SMILES string of the molecule is CC(=O)C1=C(O)C(C(C)C)[C@@]2(C)C[C@@]3(C)Cc4c(C5=CCC=C5)cc(CC(C)C)c(O)c4C(=O)C3=C(O)[C@@]2(O)C1=O. The zero-order valence-electron chi connectivity index (χ0n) is 24.9. The molecule has 0 heterocycles. The van der Waals surface area contributed by atoms with Gasteiger partial charge in [-0.05, 0) is 72.8 Å². The predicted octanol–water partition coefficient (Wildman–Crippen LogP) is 5.89. The Morgan fingerprint density at radius 3 is 2.29 bits per heavy atom. The fourth-order valence-corrected chi connectivity index (χ4v) is 8.37. The number of hydrogen-bond donors (Lipinski definition) is 4. The molecule has 41 heavy (non-hydrogen) atoms. The number of hydrogen-bond acceptors (Lipinski definition) is 7. The Bertz CT molecular complexity index is 1530. The van der Waals surface area contributed by atoms with Gasteiger partial charge in [0, 0.05) is 22.3 Å². The summed E-state index contributed by atoms with van der Waals surface area (Å²) in [6.45, 7) is 12.3. The molecule has 0 bridgehead atoms. The standard InChI is InChI=1S/C34H40O7/c1-16(2)12-20-13-21(19-10-8-9-11-19)22-14-32(6)15-33(7)25(17(3)4)28(37)23(18(5)35)30(39)34(33,41)31(40)26(32)29(38)24(22)27(20)36/h8,10-11,13,16-17,25,36-37,40-41H,9,12,14-15H2,1-7H3/t25?,32-,33-,34+/m1/s1. The molecule has 0 amide bonds. The first-order valence-corrected chi connectivity index (χ1v) is 14.5. The number of aliphatic hydroxyl groups is 3. The third-order valence-corrected chi connectivity index (χ3v) is 9.80. The Hall–Kier alpha value is -3.45. The van der Waals surface area contributed by atoms with Crippen LogP contribution in [0.4, 0.5) is 0 Å². The van der Waals surface area contributed by atoms with E-state index in [0.717, 1.165) is 24.5 Å². The minimum Gasteiger partial charge on any atom is -0.511 e. The van der Waals surface area contributed by atoms with Gasteiger partial charge >= 0.3 is 0 Å². The van der Waals surface area contributed by atoms with Crippen LogP contribution < -0.4 is 0 Å². The molecule has 0 saturated heterocycles. The van der Waals surface area contributed by atoms with Gasteiger partial charge in [-0.25, -0.2) is 0 Å². The maximum absolute atomic E-state index is 14.4. The van der Waals surface area contributed by atoms with E-state index in [1.807, 2.05) is 52.8 Å². The Balaban J connectivity index is 1.83. The number of Topliss-reactive ketones (excluding diaryl/α,β-unsaturated/α-hetero) is 3. The Labute approximate surface area is 241 Å². The zero-order valence-corrected chi connectivity index (χ0v) is 24.9. The van der Waals surface area contributed by atoms with Crippen molar-refractivity contribution in [3.8, 4) is 5.75 Å². The zero-order chi connectivity index (χ0) is 30.4. The number of allylic oxidation sites excluding steroid dienone is 6. The molecule has 1 aromatic rings. The average Bonchev–Trinajstić information content (AvgIpc) is 3.37. The molecule has 4 aliphatic carbocycles. The summed E-state index contributed by atoms with van der Waals surface area (Å²) in [5.74, 6) is -4.74. The van der Waals surface area contributed by atoms with Gasteiger partial charge in [-0.2, -0.15) is 0 Å². The fraction of sp³-hybridized carbons (Fsp3) is 0.500. The first-order chi connectivity index (χ1) is 19.0. The molecule has 0 aromatic heterocycles. The van der Waals surface area contributed by atoms with Crippen LogP contribution in [0.5, 0.6) is 5.75 Å². The van der Waals surface area contributed by atoms with Gasteiger partial charge in [-0.1, -0.05) is 59.8 Å². The quantitative estimate of drug-likeness (QED) is 0.330. The number of phenols is 1. The molecule has 5 rings (SSSR count). The number of ketones is 3. The van der Waals surface area contributed by atoms with Gasteiger partial charge < -0.3 is 20.4 Å². The highest BCUT2D eigenvalue weighted by atomic mass is 16.3. The van der Waals surface area contributed by atoms with Crippen LogP contribution in [0.15, 0.2) is 47.0 Å². The maximum atomic E-state index is 14.4. The van der Waals surface area contributed by atoms with Crippen LogP contribution >= 0.6 is 0 Å². The highest BCUT2D eigenvalue weighted by molar-refractivity contribution is 6.25. The smallest absolute Gasteiger partial charge is 0.209 e. The summed E-state index contributed by atoms with van der Waals surface area (Å²) in [6, 6.07) is 1.95. The highest BCUT2D eigenvalue weighted by Crippen LogP contribution is 2.65. The second-order valence-electron chi connectivity index (χ2n) is 13.6. The van der Waals surface area contributed by atoms with E-state index in [9.17, 15) is 34.8 Å². The molecule has 0 fully saturated rings. The fourth-order valence-electron chi connectivity index (χ4n) is 8.37. The monoisotopic (exact) mass is 560 g/mol. The number of fused-ring (bicyclic) bond motifs is 3. The highest BCUT2D eigenvalue weighted by Gasteiger charge is 2.71. The van der Waals surface area contributed by atoms with Crippen molar-refractivity contribution in [1.82, 2.24) is 0 Å². The van der Waals surface area contributed by atoms with Gasteiger partial charge in [0.1, 0.15) is 22.8 Å². The van der Waals surface area contributed by atoms with Crippen LogP contribution in [-0.2, 0) is 22.4 Å². The lowest BCUT2D eigenvalue weighted by Crippen LogP contribution is -2.67. The van der Waals surface area contributed by atoms with Crippen LogP contribution in [0, 0.1) is 28.6 Å². The molecule has 7 heteroatoms. The lowest BCUT2D eigenvalue weighted by Gasteiger charge is -2.59. The molecule has 0 aliphatic heterocycles. The van der Waals surface area contributed by atoms with E-state index in [4.69, 9.17) is 0 Å². The van der Waals surface area contributed by atoms with Crippen molar-refractivity contribution in [2.75, 3.05) is 0 Å². The molecule has 4 atom stereocenters. The minimum absolute atomic E-state index is 0.0771. The summed E-state index contributed by atoms with van der Waals surface area (Å²) in [5.41, 5.74) is -2.59. The summed E-state index contributed by atoms with van der Waals surface area (Å²) < 4.78 is 0. The molecule has 218 valence electrons. The van der Waals surface area contributed by atoms with E-state index < -0.39 is 51.0 Å². The topological polar surface area (TPSA) is 132 Å². The van der Waals surface area contributed by atoms with E-state index in [1.165, 1.54) is 0 Å². The summed E-state index contributed by atoms with van der Waals surface area (Å²) in [7, 11) is 0. The van der Waals surface area contributed by atoms with Crippen LogP contribution in [0.2, 0.25) is 0 Å². The van der Waals surface area contributed by atoms with Gasteiger partial charge in [0.15, 0.2) is 17.2 Å². The third-order valence-electron chi connectivity index (χ3n) is 9.80. The lowest BCUT2D eigenvalue weighted by molar-refractivity contribution is -0.171. The van der Waals surface area contributed by atoms with Crippen LogP contribution in [0.3, 0.4) is 0 Å². The molecule has 0 spiro atoms. The minimum atomic E-state index is -2.61. The maximum Gasteiger partial charge on any atom is 0.209 e. The first kappa shape index (κ1) is 29.1. The number of benzene rings is 1. The van der Waals surface area contributed by atoms with E-state index in [2.05, 4.69) is 6.08 Å². The largest absolute Gasteiger partial charge is 0.511 e.